The third kappa shape index (κ3) is 6.41. The summed E-state index contributed by atoms with van der Waals surface area (Å²) < 4.78 is 5.39. The number of pyridine rings is 1. The van der Waals surface area contributed by atoms with Crippen LogP contribution in [0.1, 0.15) is 40.2 Å². The normalized spacial score (nSPS) is 12.2. The quantitative estimate of drug-likeness (QED) is 0.641. The second-order valence-corrected chi connectivity index (χ2v) is 5.51. The second kappa shape index (κ2) is 7.72. The zero-order valence-electron chi connectivity index (χ0n) is 13.2. The van der Waals surface area contributed by atoms with Crippen molar-refractivity contribution in [3.8, 4) is 5.88 Å². The van der Waals surface area contributed by atoms with Crippen LogP contribution in [0, 0.1) is 0 Å². The lowest BCUT2D eigenvalue weighted by molar-refractivity contribution is 0.326. The van der Waals surface area contributed by atoms with Gasteiger partial charge in [0.2, 0.25) is 5.88 Å². The smallest absolute Gasteiger partial charge is 0.213 e. The van der Waals surface area contributed by atoms with Crippen molar-refractivity contribution in [2.45, 2.75) is 46.7 Å². The molecule has 1 heterocycles. The molecule has 1 aromatic rings. The van der Waals surface area contributed by atoms with Gasteiger partial charge in [0.1, 0.15) is 0 Å². The summed E-state index contributed by atoms with van der Waals surface area (Å²) in [6.45, 7) is 12.4. The number of aromatic nitrogens is 1. The van der Waals surface area contributed by atoms with Gasteiger partial charge in [-0.05, 0) is 46.2 Å². The van der Waals surface area contributed by atoms with E-state index in [1.54, 1.807) is 6.20 Å². The van der Waals surface area contributed by atoms with Crippen LogP contribution >= 0.6 is 0 Å². The van der Waals surface area contributed by atoms with Crippen LogP contribution in [0.25, 0.3) is 0 Å². The summed E-state index contributed by atoms with van der Waals surface area (Å²) >= 11 is 0. The standard InChI is InChI=1S/C15H26N4O/c1-6-16-14(19-15(3,4)5)18-11-12-8-9-17-13(10-12)20-7-2/h8-10H,6-7,11H2,1-5H3,(H2,16,18,19). The number of hydrogen-bond donors (Lipinski definition) is 2. The van der Waals surface area contributed by atoms with Crippen LogP contribution in [-0.4, -0.2) is 29.6 Å². The minimum atomic E-state index is -0.0181. The Labute approximate surface area is 121 Å². The number of hydrogen-bond acceptors (Lipinski definition) is 3. The molecule has 0 radical (unpaired) electrons. The lowest BCUT2D eigenvalue weighted by Crippen LogP contribution is -2.47. The SMILES string of the molecule is CCNC(=NCc1ccnc(OCC)c1)NC(C)(C)C. The lowest BCUT2D eigenvalue weighted by Gasteiger charge is -2.23. The summed E-state index contributed by atoms with van der Waals surface area (Å²) in [6.07, 6.45) is 1.75. The highest BCUT2D eigenvalue weighted by molar-refractivity contribution is 5.80. The summed E-state index contributed by atoms with van der Waals surface area (Å²) in [6, 6.07) is 3.88. The molecular weight excluding hydrogens is 252 g/mol. The maximum Gasteiger partial charge on any atom is 0.213 e. The fourth-order valence-corrected chi connectivity index (χ4v) is 1.61. The van der Waals surface area contributed by atoms with Crippen LogP contribution in [0.15, 0.2) is 23.3 Å². The van der Waals surface area contributed by atoms with Crippen LogP contribution < -0.4 is 15.4 Å². The van der Waals surface area contributed by atoms with E-state index < -0.39 is 0 Å². The number of nitrogens with one attached hydrogen (secondary N) is 2. The van der Waals surface area contributed by atoms with Crippen molar-refractivity contribution in [3.05, 3.63) is 23.9 Å². The highest BCUT2D eigenvalue weighted by Gasteiger charge is 2.11. The van der Waals surface area contributed by atoms with Crippen LogP contribution in [0.4, 0.5) is 0 Å². The highest BCUT2D eigenvalue weighted by atomic mass is 16.5. The summed E-state index contributed by atoms with van der Waals surface area (Å²) in [4.78, 5) is 8.73. The van der Waals surface area contributed by atoms with E-state index >= 15 is 0 Å². The lowest BCUT2D eigenvalue weighted by atomic mass is 10.1. The molecule has 0 saturated carbocycles. The Morgan fingerprint density at radius 1 is 1.35 bits per heavy atom. The van der Waals surface area contributed by atoms with E-state index in [0.717, 1.165) is 18.1 Å². The largest absolute Gasteiger partial charge is 0.478 e. The fraction of sp³-hybridized carbons (Fsp3) is 0.600. The molecule has 0 spiro atoms. The second-order valence-electron chi connectivity index (χ2n) is 5.51. The minimum Gasteiger partial charge on any atom is -0.478 e. The number of guanidine groups is 1. The van der Waals surface area contributed by atoms with Gasteiger partial charge in [-0.3, -0.25) is 0 Å². The fourth-order valence-electron chi connectivity index (χ4n) is 1.61. The Morgan fingerprint density at radius 2 is 2.10 bits per heavy atom. The number of ether oxygens (including phenoxy) is 1. The number of nitrogens with zero attached hydrogens (tertiary/aromatic N) is 2. The third-order valence-electron chi connectivity index (χ3n) is 2.35. The molecule has 0 aliphatic heterocycles. The van der Waals surface area contributed by atoms with Gasteiger partial charge in [-0.1, -0.05) is 0 Å². The molecule has 0 aliphatic carbocycles. The Hall–Kier alpha value is -1.78. The molecule has 0 unspecified atom stereocenters. The van der Waals surface area contributed by atoms with E-state index in [2.05, 4.69) is 48.3 Å². The summed E-state index contributed by atoms with van der Waals surface area (Å²) in [7, 11) is 0. The Kier molecular flexibility index (Phi) is 6.28. The van der Waals surface area contributed by atoms with Gasteiger partial charge in [0.25, 0.3) is 0 Å². The van der Waals surface area contributed by atoms with E-state index in [1.807, 2.05) is 19.1 Å². The first-order valence-corrected chi connectivity index (χ1v) is 7.09. The van der Waals surface area contributed by atoms with Crippen molar-refractivity contribution in [1.29, 1.82) is 0 Å². The first-order valence-electron chi connectivity index (χ1n) is 7.09. The van der Waals surface area contributed by atoms with Crippen molar-refractivity contribution in [2.24, 2.45) is 4.99 Å². The van der Waals surface area contributed by atoms with Gasteiger partial charge in [0.05, 0.1) is 13.2 Å². The van der Waals surface area contributed by atoms with Crippen LogP contribution in [0.5, 0.6) is 5.88 Å². The predicted octanol–water partition coefficient (Wildman–Crippen LogP) is 2.33. The van der Waals surface area contributed by atoms with Gasteiger partial charge in [-0.15, -0.1) is 0 Å². The molecule has 0 bridgehead atoms. The average molecular weight is 278 g/mol. The number of rotatable bonds is 5. The molecule has 0 saturated heterocycles. The van der Waals surface area contributed by atoms with Gasteiger partial charge in [-0.2, -0.15) is 0 Å². The first kappa shape index (κ1) is 16.3. The van der Waals surface area contributed by atoms with E-state index in [9.17, 15) is 0 Å². The Bertz CT molecular complexity index is 438. The van der Waals surface area contributed by atoms with Crippen LogP contribution in [-0.2, 0) is 6.54 Å². The van der Waals surface area contributed by atoms with Gasteiger partial charge < -0.3 is 15.4 Å². The van der Waals surface area contributed by atoms with Gasteiger partial charge in [0, 0.05) is 24.3 Å². The topological polar surface area (TPSA) is 58.5 Å². The molecule has 1 aromatic heterocycles. The molecule has 2 N–H and O–H groups in total. The molecule has 0 aliphatic rings. The van der Waals surface area contributed by atoms with Crippen molar-refractivity contribution in [1.82, 2.24) is 15.6 Å². The monoisotopic (exact) mass is 278 g/mol. The van der Waals surface area contributed by atoms with E-state index in [0.29, 0.717) is 19.0 Å². The maximum absolute atomic E-state index is 5.39. The molecule has 0 fully saturated rings. The summed E-state index contributed by atoms with van der Waals surface area (Å²) in [5.74, 6) is 1.46. The van der Waals surface area contributed by atoms with E-state index in [-0.39, 0.29) is 5.54 Å². The Balaban J connectivity index is 2.73. The first-order chi connectivity index (χ1) is 9.44. The molecule has 0 aromatic carbocycles. The molecule has 0 amide bonds. The van der Waals surface area contributed by atoms with Gasteiger partial charge in [0.15, 0.2) is 5.96 Å². The molecule has 1 rings (SSSR count). The zero-order valence-corrected chi connectivity index (χ0v) is 13.2. The highest BCUT2D eigenvalue weighted by Crippen LogP contribution is 2.10. The van der Waals surface area contributed by atoms with Crippen LogP contribution in [0.3, 0.4) is 0 Å². The van der Waals surface area contributed by atoms with Crippen molar-refractivity contribution in [3.63, 3.8) is 0 Å². The van der Waals surface area contributed by atoms with Crippen LogP contribution in [0.2, 0.25) is 0 Å². The molecular formula is C15H26N4O. The average Bonchev–Trinajstić information content (AvgIpc) is 2.35. The van der Waals surface area contributed by atoms with E-state index in [1.165, 1.54) is 0 Å². The maximum atomic E-state index is 5.39. The van der Waals surface area contributed by atoms with Gasteiger partial charge in [-0.25, -0.2) is 9.98 Å². The predicted molar refractivity (Wildman–Crippen MR) is 83.1 cm³/mol. The number of aliphatic imine (C=N–C) groups is 1. The molecule has 5 nitrogen and oxygen atoms in total. The zero-order chi connectivity index (χ0) is 15.0. The summed E-state index contributed by atoms with van der Waals surface area (Å²) in [5, 5.41) is 6.60. The van der Waals surface area contributed by atoms with Crippen molar-refractivity contribution in [2.75, 3.05) is 13.2 Å². The van der Waals surface area contributed by atoms with Gasteiger partial charge >= 0.3 is 0 Å². The minimum absolute atomic E-state index is 0.0181. The third-order valence-corrected chi connectivity index (χ3v) is 2.35. The molecule has 5 heteroatoms. The van der Waals surface area contributed by atoms with Crippen molar-refractivity contribution >= 4 is 5.96 Å². The summed E-state index contributed by atoms with van der Waals surface area (Å²) in [5.41, 5.74) is 1.06. The van der Waals surface area contributed by atoms with Crippen molar-refractivity contribution < 1.29 is 4.74 Å². The molecule has 112 valence electrons. The molecule has 20 heavy (non-hydrogen) atoms. The Morgan fingerprint density at radius 3 is 2.70 bits per heavy atom. The van der Waals surface area contributed by atoms with E-state index in [4.69, 9.17) is 4.74 Å². The molecule has 0 atom stereocenters.